The van der Waals surface area contributed by atoms with Crippen molar-refractivity contribution in [1.29, 1.82) is 0 Å². The van der Waals surface area contributed by atoms with Gasteiger partial charge in [0.25, 0.3) is 5.91 Å². The normalized spacial score (nSPS) is 19.4. The predicted molar refractivity (Wildman–Crippen MR) is 124 cm³/mol. The molecule has 1 aromatic rings. The first-order valence-electron chi connectivity index (χ1n) is 11.4. The number of nitrogens with one attached hydrogen (secondary N) is 1. The van der Waals surface area contributed by atoms with E-state index >= 15 is 0 Å². The quantitative estimate of drug-likeness (QED) is 0.230. The molecule has 2 aliphatic heterocycles. The molecule has 0 saturated carbocycles. The number of fused-ring (bicyclic) bond motifs is 1. The summed E-state index contributed by atoms with van der Waals surface area (Å²) in [4.78, 5) is 39.5. The molecule has 0 aliphatic carbocycles. The first-order valence-corrected chi connectivity index (χ1v) is 12.3. The molecule has 1 fully saturated rings. The van der Waals surface area contributed by atoms with E-state index < -0.39 is 6.04 Å². The molecule has 6 nitrogen and oxygen atoms in total. The van der Waals surface area contributed by atoms with Crippen LogP contribution in [0.1, 0.15) is 67.8 Å². The number of unbranched alkanes of at least 4 members (excludes halogenated alkanes) is 3. The number of quaternary nitrogens is 1. The zero-order valence-corrected chi connectivity index (χ0v) is 21.2. The number of carbonyl (C=O) groups is 3. The number of benzene rings is 1. The van der Waals surface area contributed by atoms with E-state index in [1.165, 1.54) is 32.2 Å². The van der Waals surface area contributed by atoms with Crippen LogP contribution in [0.2, 0.25) is 0 Å². The van der Waals surface area contributed by atoms with Gasteiger partial charge in [-0.3, -0.25) is 19.7 Å². The van der Waals surface area contributed by atoms with Crippen LogP contribution >= 0.6 is 11.8 Å². The Morgan fingerprint density at radius 1 is 1.12 bits per heavy atom. The molecule has 0 bridgehead atoms. The van der Waals surface area contributed by atoms with Gasteiger partial charge in [-0.15, -0.1) is 11.8 Å². The molecular weight excluding hydrogens is 446 g/mol. The maximum atomic E-state index is 13.0. The fraction of sp³-hybridized carbons (Fsp3) is 0.625. The predicted octanol–water partition coefficient (Wildman–Crippen LogP) is 0.589. The maximum absolute atomic E-state index is 13.0. The van der Waals surface area contributed by atoms with Gasteiger partial charge in [0, 0.05) is 28.7 Å². The maximum Gasteiger partial charge on any atom is 0.255 e. The summed E-state index contributed by atoms with van der Waals surface area (Å²) in [6.45, 7) is 3.92. The Labute approximate surface area is 202 Å². The highest BCUT2D eigenvalue weighted by atomic mass is 35.5. The van der Waals surface area contributed by atoms with E-state index in [1.54, 1.807) is 4.90 Å². The van der Waals surface area contributed by atoms with Crippen LogP contribution in [0, 0.1) is 0 Å². The van der Waals surface area contributed by atoms with Gasteiger partial charge in [-0.25, -0.2) is 0 Å². The zero-order valence-electron chi connectivity index (χ0n) is 19.7. The topological polar surface area (TPSA) is 66.5 Å². The summed E-state index contributed by atoms with van der Waals surface area (Å²) in [6, 6.07) is 5.32. The van der Waals surface area contributed by atoms with Gasteiger partial charge in [0.1, 0.15) is 6.04 Å². The Morgan fingerprint density at radius 2 is 1.84 bits per heavy atom. The van der Waals surface area contributed by atoms with Crippen LogP contribution in [0.4, 0.5) is 0 Å². The van der Waals surface area contributed by atoms with Crippen molar-refractivity contribution < 1.29 is 31.3 Å². The van der Waals surface area contributed by atoms with Gasteiger partial charge in [-0.1, -0.05) is 25.8 Å². The smallest absolute Gasteiger partial charge is 0.255 e. The number of thioether (sulfide) groups is 1. The van der Waals surface area contributed by atoms with Gasteiger partial charge >= 0.3 is 0 Å². The fourth-order valence-corrected chi connectivity index (χ4v) is 5.51. The number of halogens is 1. The van der Waals surface area contributed by atoms with E-state index in [4.69, 9.17) is 0 Å². The Bertz CT molecular complexity index is 840. The largest absolute Gasteiger partial charge is 1.00 e. The molecule has 32 heavy (non-hydrogen) atoms. The summed E-state index contributed by atoms with van der Waals surface area (Å²) >= 11 is 1.83. The van der Waals surface area contributed by atoms with Crippen LogP contribution in [0.3, 0.4) is 0 Å². The van der Waals surface area contributed by atoms with Crippen molar-refractivity contribution in [3.05, 3.63) is 29.3 Å². The first kappa shape index (κ1) is 26.7. The third-order valence-electron chi connectivity index (χ3n) is 6.06. The fourth-order valence-electron chi connectivity index (χ4n) is 4.31. The van der Waals surface area contributed by atoms with E-state index in [-0.39, 0.29) is 36.5 Å². The number of piperidine rings is 1. The van der Waals surface area contributed by atoms with Crippen LogP contribution in [-0.2, 0) is 16.1 Å². The molecule has 2 aliphatic rings. The Kier molecular flexibility index (Phi) is 9.61. The molecule has 1 saturated heterocycles. The second-order valence-electron chi connectivity index (χ2n) is 9.83. The minimum Gasteiger partial charge on any atom is -1.00 e. The van der Waals surface area contributed by atoms with Crippen LogP contribution in [0.15, 0.2) is 23.1 Å². The molecular formula is C24H36ClN3O3S. The molecule has 8 heteroatoms. The zero-order chi connectivity index (χ0) is 22.6. The molecule has 2 unspecified atom stereocenters. The van der Waals surface area contributed by atoms with Gasteiger partial charge in [0.15, 0.2) is 0 Å². The molecule has 2 atom stereocenters. The SMILES string of the molecule is CC(CCCCCC[N+](C)(C)C)Sc1cccc2c1CN(C1CCC(=O)NC1=O)C2=O.[Cl-]. The van der Waals surface area contributed by atoms with Gasteiger partial charge in [-0.05, 0) is 43.4 Å². The van der Waals surface area contributed by atoms with Crippen molar-refractivity contribution in [3.63, 3.8) is 0 Å². The number of hydrogen-bond acceptors (Lipinski definition) is 4. The minimum absolute atomic E-state index is 0. The Morgan fingerprint density at radius 3 is 2.53 bits per heavy atom. The number of imide groups is 1. The van der Waals surface area contributed by atoms with E-state index in [0.29, 0.717) is 23.8 Å². The van der Waals surface area contributed by atoms with Crippen LogP contribution in [-0.4, -0.2) is 66.1 Å². The third-order valence-corrected chi connectivity index (χ3v) is 7.33. The summed E-state index contributed by atoms with van der Waals surface area (Å²) in [5.41, 5.74) is 1.72. The molecule has 3 amide bonds. The number of rotatable bonds is 10. The lowest BCUT2D eigenvalue weighted by Gasteiger charge is -2.29. The Balaban J connectivity index is 0.00000363. The highest BCUT2D eigenvalue weighted by Crippen LogP contribution is 2.37. The summed E-state index contributed by atoms with van der Waals surface area (Å²) in [5, 5.41) is 2.84. The number of hydrogen-bond donors (Lipinski definition) is 1. The van der Waals surface area contributed by atoms with E-state index in [0.717, 1.165) is 21.4 Å². The number of carbonyl (C=O) groups excluding carboxylic acids is 3. The number of amides is 3. The van der Waals surface area contributed by atoms with Crippen molar-refractivity contribution in [2.24, 2.45) is 0 Å². The second kappa shape index (κ2) is 11.5. The van der Waals surface area contributed by atoms with Crippen molar-refractivity contribution in [1.82, 2.24) is 10.2 Å². The number of nitrogens with zero attached hydrogens (tertiary/aromatic N) is 2. The molecule has 1 aromatic carbocycles. The van der Waals surface area contributed by atoms with E-state index in [1.807, 2.05) is 23.9 Å². The molecule has 0 spiro atoms. The summed E-state index contributed by atoms with van der Waals surface area (Å²) < 4.78 is 1.03. The molecule has 2 heterocycles. The van der Waals surface area contributed by atoms with Gasteiger partial charge in [-0.2, -0.15) is 0 Å². The van der Waals surface area contributed by atoms with E-state index in [9.17, 15) is 14.4 Å². The molecule has 1 N–H and O–H groups in total. The molecule has 178 valence electrons. The lowest BCUT2D eigenvalue weighted by molar-refractivity contribution is -0.870. The van der Waals surface area contributed by atoms with Gasteiger partial charge < -0.3 is 21.8 Å². The molecule has 3 rings (SSSR count). The molecule has 0 aromatic heterocycles. The summed E-state index contributed by atoms with van der Waals surface area (Å²) in [7, 11) is 6.72. The van der Waals surface area contributed by atoms with Crippen LogP contribution < -0.4 is 17.7 Å². The Hall–Kier alpha value is -1.57. The van der Waals surface area contributed by atoms with Crippen LogP contribution in [0.25, 0.3) is 0 Å². The highest BCUT2D eigenvalue weighted by molar-refractivity contribution is 8.00. The monoisotopic (exact) mass is 481 g/mol. The molecule has 0 radical (unpaired) electrons. The summed E-state index contributed by atoms with van der Waals surface area (Å²) in [5.74, 6) is -0.713. The minimum atomic E-state index is -0.556. The lowest BCUT2D eigenvalue weighted by atomic mass is 10.0. The third kappa shape index (κ3) is 6.96. The van der Waals surface area contributed by atoms with Crippen molar-refractivity contribution in [2.45, 2.75) is 74.6 Å². The highest BCUT2D eigenvalue weighted by Gasteiger charge is 2.39. The summed E-state index contributed by atoms with van der Waals surface area (Å²) in [6.07, 6.45) is 6.88. The van der Waals surface area contributed by atoms with E-state index in [2.05, 4.69) is 39.4 Å². The van der Waals surface area contributed by atoms with Crippen molar-refractivity contribution in [2.75, 3.05) is 27.7 Å². The van der Waals surface area contributed by atoms with Crippen molar-refractivity contribution in [3.8, 4) is 0 Å². The average molecular weight is 482 g/mol. The first-order chi connectivity index (χ1) is 14.7. The van der Waals surface area contributed by atoms with Crippen LogP contribution in [0.5, 0.6) is 0 Å². The second-order valence-corrected chi connectivity index (χ2v) is 11.3. The van der Waals surface area contributed by atoms with Crippen molar-refractivity contribution >= 4 is 29.5 Å². The average Bonchev–Trinajstić information content (AvgIpc) is 3.01. The standard InChI is InChI=1S/C24H35N3O3S.ClH/c1-17(10-7-5-6-8-15-27(2,3)4)31-21-12-9-11-18-19(21)16-26(24(18)30)20-13-14-22(28)25-23(20)29;/h9,11-12,17,20H,5-8,10,13-16H2,1-4H3;1H. The van der Waals surface area contributed by atoms with Gasteiger partial charge in [0.2, 0.25) is 11.8 Å². The lowest BCUT2D eigenvalue weighted by Crippen LogP contribution is -3.00. The van der Waals surface area contributed by atoms with Gasteiger partial charge in [0.05, 0.1) is 27.7 Å².